The summed E-state index contributed by atoms with van der Waals surface area (Å²) in [6.45, 7) is 0. The topological polar surface area (TPSA) is 58.9 Å². The molecule has 1 unspecified atom stereocenters. The zero-order chi connectivity index (χ0) is 13.1. The number of benzene rings is 1. The maximum absolute atomic E-state index is 10.3. The molecular weight excluding hydrogens is 258 g/mol. The summed E-state index contributed by atoms with van der Waals surface area (Å²) in [4.78, 5) is 12.6. The molecule has 2 heterocycles. The fourth-order valence-corrected chi connectivity index (χ4v) is 2.56. The standard InChI is InChI=1S/C14H11N3OS/c18-13(10-4-2-1-3-5-10)14-17-12(9-19-14)11-8-15-6-7-16-11/h1-9,13,18H. The highest BCUT2D eigenvalue weighted by Crippen LogP contribution is 2.27. The highest BCUT2D eigenvalue weighted by Gasteiger charge is 2.15. The Morgan fingerprint density at radius 1 is 1.05 bits per heavy atom. The van der Waals surface area contributed by atoms with E-state index in [4.69, 9.17) is 0 Å². The van der Waals surface area contributed by atoms with Gasteiger partial charge in [0.05, 0.1) is 6.20 Å². The average Bonchev–Trinajstić information content (AvgIpc) is 2.98. The van der Waals surface area contributed by atoms with Gasteiger partial charge in [-0.15, -0.1) is 11.3 Å². The van der Waals surface area contributed by atoms with Crippen molar-refractivity contribution in [1.82, 2.24) is 15.0 Å². The second-order valence-corrected chi connectivity index (χ2v) is 4.86. The quantitative estimate of drug-likeness (QED) is 0.794. The van der Waals surface area contributed by atoms with Crippen LogP contribution < -0.4 is 0 Å². The molecule has 1 atom stereocenters. The molecule has 0 spiro atoms. The lowest BCUT2D eigenvalue weighted by molar-refractivity contribution is 0.220. The Labute approximate surface area is 114 Å². The van der Waals surface area contributed by atoms with E-state index in [0.717, 1.165) is 11.3 Å². The SMILES string of the molecule is OC(c1ccccc1)c1nc(-c2cnccn2)cs1. The number of thiazole rings is 1. The van der Waals surface area contributed by atoms with Gasteiger partial charge < -0.3 is 5.11 Å². The van der Waals surface area contributed by atoms with Crippen LogP contribution in [-0.2, 0) is 0 Å². The first-order valence-electron chi connectivity index (χ1n) is 5.79. The van der Waals surface area contributed by atoms with Crippen LogP contribution >= 0.6 is 11.3 Å². The summed E-state index contributed by atoms with van der Waals surface area (Å²) < 4.78 is 0. The summed E-state index contributed by atoms with van der Waals surface area (Å²) >= 11 is 1.42. The van der Waals surface area contributed by atoms with Crippen molar-refractivity contribution in [3.8, 4) is 11.4 Å². The molecular formula is C14H11N3OS. The maximum Gasteiger partial charge on any atom is 0.131 e. The van der Waals surface area contributed by atoms with Crippen LogP contribution in [0.1, 0.15) is 16.7 Å². The molecule has 1 N–H and O–H groups in total. The van der Waals surface area contributed by atoms with Crippen molar-refractivity contribution in [2.24, 2.45) is 0 Å². The van der Waals surface area contributed by atoms with Crippen molar-refractivity contribution in [3.63, 3.8) is 0 Å². The second kappa shape index (κ2) is 5.26. The highest BCUT2D eigenvalue weighted by molar-refractivity contribution is 7.10. The third-order valence-electron chi connectivity index (χ3n) is 2.70. The number of aromatic nitrogens is 3. The van der Waals surface area contributed by atoms with Crippen LogP contribution in [0.4, 0.5) is 0 Å². The number of aliphatic hydroxyl groups is 1. The lowest BCUT2D eigenvalue weighted by atomic mass is 10.1. The Kier molecular flexibility index (Phi) is 3.31. The summed E-state index contributed by atoms with van der Waals surface area (Å²) in [5, 5.41) is 12.8. The highest BCUT2D eigenvalue weighted by atomic mass is 32.1. The minimum atomic E-state index is -0.698. The van der Waals surface area contributed by atoms with Crippen molar-refractivity contribution < 1.29 is 5.11 Å². The van der Waals surface area contributed by atoms with Gasteiger partial charge in [-0.1, -0.05) is 30.3 Å². The molecule has 3 aromatic rings. The van der Waals surface area contributed by atoms with Gasteiger partial charge in [0.25, 0.3) is 0 Å². The fourth-order valence-electron chi connectivity index (χ4n) is 1.74. The Balaban J connectivity index is 1.90. The van der Waals surface area contributed by atoms with Gasteiger partial charge in [-0.05, 0) is 5.56 Å². The van der Waals surface area contributed by atoms with Gasteiger partial charge in [0.15, 0.2) is 0 Å². The number of hydrogen-bond acceptors (Lipinski definition) is 5. The van der Waals surface area contributed by atoms with E-state index in [1.54, 1.807) is 18.6 Å². The predicted octanol–water partition coefficient (Wildman–Crippen LogP) is 2.68. The van der Waals surface area contributed by atoms with E-state index in [1.165, 1.54) is 11.3 Å². The predicted molar refractivity (Wildman–Crippen MR) is 73.6 cm³/mol. The summed E-state index contributed by atoms with van der Waals surface area (Å²) in [5.74, 6) is 0. The van der Waals surface area contributed by atoms with Crippen LogP contribution in [0.15, 0.2) is 54.3 Å². The molecule has 0 saturated carbocycles. The van der Waals surface area contributed by atoms with E-state index in [2.05, 4.69) is 15.0 Å². The van der Waals surface area contributed by atoms with E-state index in [1.807, 2.05) is 35.7 Å². The van der Waals surface area contributed by atoms with Gasteiger partial charge in [-0.2, -0.15) is 0 Å². The largest absolute Gasteiger partial charge is 0.381 e. The average molecular weight is 269 g/mol. The molecule has 2 aromatic heterocycles. The Bertz CT molecular complexity index is 655. The summed E-state index contributed by atoms with van der Waals surface area (Å²) in [6, 6.07) is 9.48. The Morgan fingerprint density at radius 3 is 2.63 bits per heavy atom. The molecule has 4 nitrogen and oxygen atoms in total. The number of rotatable bonds is 3. The van der Waals surface area contributed by atoms with Gasteiger partial charge in [-0.25, -0.2) is 4.98 Å². The fraction of sp³-hybridized carbons (Fsp3) is 0.0714. The molecule has 0 fully saturated rings. The molecule has 0 radical (unpaired) electrons. The molecule has 1 aromatic carbocycles. The van der Waals surface area contributed by atoms with Gasteiger partial charge in [-0.3, -0.25) is 9.97 Å². The zero-order valence-corrected chi connectivity index (χ0v) is 10.8. The summed E-state index contributed by atoms with van der Waals surface area (Å²) in [5.41, 5.74) is 2.29. The first-order valence-corrected chi connectivity index (χ1v) is 6.67. The van der Waals surface area contributed by atoms with Crippen molar-refractivity contribution >= 4 is 11.3 Å². The minimum absolute atomic E-state index is 0.659. The number of nitrogens with zero attached hydrogens (tertiary/aromatic N) is 3. The molecule has 0 saturated heterocycles. The Hall–Kier alpha value is -2.11. The lowest BCUT2D eigenvalue weighted by Crippen LogP contribution is -1.98. The van der Waals surface area contributed by atoms with Gasteiger partial charge in [0.2, 0.25) is 0 Å². The summed E-state index contributed by atoms with van der Waals surface area (Å²) in [6.07, 6.45) is 4.21. The molecule has 0 aliphatic heterocycles. The van der Waals surface area contributed by atoms with Crippen LogP contribution in [-0.4, -0.2) is 20.1 Å². The third kappa shape index (κ3) is 2.52. The molecule has 0 aliphatic rings. The smallest absolute Gasteiger partial charge is 0.131 e. The Morgan fingerprint density at radius 2 is 1.89 bits per heavy atom. The van der Waals surface area contributed by atoms with E-state index in [0.29, 0.717) is 10.7 Å². The molecule has 0 bridgehead atoms. The molecule has 94 valence electrons. The maximum atomic E-state index is 10.3. The van der Waals surface area contributed by atoms with Crippen LogP contribution in [0.2, 0.25) is 0 Å². The van der Waals surface area contributed by atoms with Crippen LogP contribution in [0.5, 0.6) is 0 Å². The monoisotopic (exact) mass is 269 g/mol. The van der Waals surface area contributed by atoms with Crippen LogP contribution in [0.3, 0.4) is 0 Å². The first kappa shape index (κ1) is 12.0. The van der Waals surface area contributed by atoms with E-state index in [9.17, 15) is 5.11 Å². The molecule has 0 amide bonds. The first-order chi connectivity index (χ1) is 9.34. The van der Waals surface area contributed by atoms with E-state index < -0.39 is 6.10 Å². The van der Waals surface area contributed by atoms with Crippen molar-refractivity contribution in [2.45, 2.75) is 6.10 Å². The van der Waals surface area contributed by atoms with E-state index >= 15 is 0 Å². The summed E-state index contributed by atoms with van der Waals surface area (Å²) in [7, 11) is 0. The van der Waals surface area contributed by atoms with E-state index in [-0.39, 0.29) is 0 Å². The molecule has 19 heavy (non-hydrogen) atoms. The van der Waals surface area contributed by atoms with Gasteiger partial charge in [0, 0.05) is 17.8 Å². The van der Waals surface area contributed by atoms with Gasteiger partial charge in [0.1, 0.15) is 22.5 Å². The molecule has 0 aliphatic carbocycles. The van der Waals surface area contributed by atoms with Crippen LogP contribution in [0, 0.1) is 0 Å². The van der Waals surface area contributed by atoms with Crippen LogP contribution in [0.25, 0.3) is 11.4 Å². The molecule has 5 heteroatoms. The van der Waals surface area contributed by atoms with Crippen molar-refractivity contribution in [2.75, 3.05) is 0 Å². The zero-order valence-electron chi connectivity index (χ0n) is 9.97. The lowest BCUT2D eigenvalue weighted by Gasteiger charge is -2.06. The minimum Gasteiger partial charge on any atom is -0.381 e. The number of aliphatic hydroxyl groups excluding tert-OH is 1. The second-order valence-electron chi connectivity index (χ2n) is 3.97. The van der Waals surface area contributed by atoms with Crippen molar-refractivity contribution in [1.29, 1.82) is 0 Å². The normalized spacial score (nSPS) is 12.3. The van der Waals surface area contributed by atoms with Crippen molar-refractivity contribution in [3.05, 3.63) is 64.9 Å². The van der Waals surface area contributed by atoms with Gasteiger partial charge >= 0.3 is 0 Å². The third-order valence-corrected chi connectivity index (χ3v) is 3.59. The number of hydrogen-bond donors (Lipinski definition) is 1. The molecule has 3 rings (SSSR count).